The summed E-state index contributed by atoms with van der Waals surface area (Å²) in [6, 6.07) is 15.6. The molecule has 2 heterocycles. The Balaban J connectivity index is 1.33. The third-order valence-electron chi connectivity index (χ3n) is 4.60. The second-order valence-corrected chi connectivity index (χ2v) is 9.63. The number of thiazole rings is 1. The minimum atomic E-state index is -3.78. The number of carbonyl (C=O) groups is 2. The fourth-order valence-corrected chi connectivity index (χ4v) is 4.66. The fourth-order valence-electron chi connectivity index (χ4n) is 2.88. The van der Waals surface area contributed by atoms with Gasteiger partial charge in [-0.3, -0.25) is 14.3 Å². The Kier molecular flexibility index (Phi) is 6.75. The Morgan fingerprint density at radius 1 is 1.03 bits per heavy atom. The number of ketones is 1. The highest BCUT2D eigenvalue weighted by Gasteiger charge is 2.16. The van der Waals surface area contributed by atoms with E-state index in [1.54, 1.807) is 35.7 Å². The van der Waals surface area contributed by atoms with Gasteiger partial charge < -0.3 is 14.5 Å². The molecule has 0 saturated heterocycles. The molecule has 0 aliphatic carbocycles. The van der Waals surface area contributed by atoms with Crippen molar-refractivity contribution in [2.24, 2.45) is 0 Å². The van der Waals surface area contributed by atoms with E-state index in [1.165, 1.54) is 54.8 Å². The van der Waals surface area contributed by atoms with Crippen molar-refractivity contribution in [2.75, 3.05) is 10.0 Å². The molecule has 0 radical (unpaired) electrons. The number of rotatable bonds is 9. The van der Waals surface area contributed by atoms with Crippen molar-refractivity contribution < 1.29 is 27.2 Å². The molecule has 174 valence electrons. The van der Waals surface area contributed by atoms with E-state index in [0.717, 1.165) is 0 Å². The van der Waals surface area contributed by atoms with Gasteiger partial charge in [-0.15, -0.1) is 11.3 Å². The lowest BCUT2D eigenvalue weighted by atomic mass is 10.1. The first-order valence-electron chi connectivity index (χ1n) is 9.96. The molecular weight excluding hydrogens is 478 g/mol. The number of anilines is 2. The zero-order valence-electron chi connectivity index (χ0n) is 17.8. The molecule has 0 saturated carbocycles. The van der Waals surface area contributed by atoms with Crippen LogP contribution in [0.25, 0.3) is 0 Å². The number of benzene rings is 2. The van der Waals surface area contributed by atoms with E-state index in [4.69, 9.17) is 9.15 Å². The number of hydrogen-bond donors (Lipinski definition) is 2. The van der Waals surface area contributed by atoms with E-state index in [-0.39, 0.29) is 28.2 Å². The first-order chi connectivity index (χ1) is 16.3. The van der Waals surface area contributed by atoms with Gasteiger partial charge in [0, 0.05) is 22.8 Å². The van der Waals surface area contributed by atoms with E-state index in [0.29, 0.717) is 22.8 Å². The minimum absolute atomic E-state index is 0.0307. The fraction of sp³-hybridized carbons (Fsp3) is 0.0870. The third kappa shape index (κ3) is 5.69. The summed E-state index contributed by atoms with van der Waals surface area (Å²) in [4.78, 5) is 27.7. The molecule has 11 heteroatoms. The van der Waals surface area contributed by atoms with Gasteiger partial charge in [0.2, 0.25) is 0 Å². The maximum absolute atomic E-state index is 12.5. The Morgan fingerprint density at radius 2 is 1.76 bits per heavy atom. The average molecular weight is 498 g/mol. The van der Waals surface area contributed by atoms with Crippen molar-refractivity contribution in [3.8, 4) is 5.75 Å². The molecule has 34 heavy (non-hydrogen) atoms. The standard InChI is InChI=1S/C23H19N3O6S2/c1-15(27)16-2-6-18(7-3-16)31-14-19-8-11-21(32-19)22(28)25-17-4-9-20(10-5-17)34(29,30)26-23-24-12-13-33-23/h2-13H,14H2,1H3,(H,24,26)(H,25,28). The van der Waals surface area contributed by atoms with Crippen LogP contribution in [0.3, 0.4) is 0 Å². The van der Waals surface area contributed by atoms with Crippen LogP contribution >= 0.6 is 11.3 Å². The number of sulfonamides is 1. The SMILES string of the molecule is CC(=O)c1ccc(OCc2ccc(C(=O)Nc3ccc(S(=O)(=O)Nc4nccs4)cc3)o2)cc1. The molecule has 0 aliphatic heterocycles. The van der Waals surface area contributed by atoms with E-state index in [1.807, 2.05) is 0 Å². The largest absolute Gasteiger partial charge is 0.486 e. The lowest BCUT2D eigenvalue weighted by Gasteiger charge is -2.07. The summed E-state index contributed by atoms with van der Waals surface area (Å²) in [5.74, 6) is 0.556. The van der Waals surface area contributed by atoms with Gasteiger partial charge in [0.1, 0.15) is 18.1 Å². The highest BCUT2D eigenvalue weighted by atomic mass is 32.2. The molecular formula is C23H19N3O6S2. The van der Waals surface area contributed by atoms with Crippen molar-refractivity contribution in [2.45, 2.75) is 18.4 Å². The normalized spacial score (nSPS) is 11.1. The maximum Gasteiger partial charge on any atom is 0.291 e. The minimum Gasteiger partial charge on any atom is -0.486 e. The number of ether oxygens (including phenoxy) is 1. The van der Waals surface area contributed by atoms with Gasteiger partial charge in [-0.2, -0.15) is 0 Å². The van der Waals surface area contributed by atoms with Gasteiger partial charge in [-0.25, -0.2) is 13.4 Å². The molecule has 4 rings (SSSR count). The van der Waals surface area contributed by atoms with Gasteiger partial charge in [0.25, 0.3) is 15.9 Å². The molecule has 0 unspecified atom stereocenters. The van der Waals surface area contributed by atoms with Gasteiger partial charge in [0.15, 0.2) is 16.7 Å². The average Bonchev–Trinajstić information content (AvgIpc) is 3.50. The van der Waals surface area contributed by atoms with Gasteiger partial charge >= 0.3 is 0 Å². The lowest BCUT2D eigenvalue weighted by molar-refractivity contribution is 0.0990. The molecule has 0 atom stereocenters. The predicted octanol–water partition coefficient (Wildman–Crippen LogP) is 4.57. The van der Waals surface area contributed by atoms with Crippen LogP contribution in [0.1, 0.15) is 33.6 Å². The van der Waals surface area contributed by atoms with Crippen LogP contribution in [-0.4, -0.2) is 25.1 Å². The molecule has 0 fully saturated rings. The highest BCUT2D eigenvalue weighted by Crippen LogP contribution is 2.21. The number of nitrogens with one attached hydrogen (secondary N) is 2. The monoisotopic (exact) mass is 497 g/mol. The van der Waals surface area contributed by atoms with E-state index in [9.17, 15) is 18.0 Å². The van der Waals surface area contributed by atoms with E-state index >= 15 is 0 Å². The van der Waals surface area contributed by atoms with Crippen molar-refractivity contribution >= 4 is 43.9 Å². The van der Waals surface area contributed by atoms with Crippen LogP contribution in [0, 0.1) is 0 Å². The highest BCUT2D eigenvalue weighted by molar-refractivity contribution is 7.93. The molecule has 2 aromatic heterocycles. The second-order valence-electron chi connectivity index (χ2n) is 7.06. The van der Waals surface area contributed by atoms with Crippen LogP contribution in [0.2, 0.25) is 0 Å². The second kappa shape index (κ2) is 9.89. The summed E-state index contributed by atoms with van der Waals surface area (Å²) in [6.45, 7) is 1.59. The molecule has 0 bridgehead atoms. The quantitative estimate of drug-likeness (QED) is 0.324. The molecule has 0 spiro atoms. The zero-order chi connectivity index (χ0) is 24.1. The Hall–Kier alpha value is -3.96. The first-order valence-corrected chi connectivity index (χ1v) is 12.3. The van der Waals surface area contributed by atoms with Crippen LogP contribution < -0.4 is 14.8 Å². The molecule has 9 nitrogen and oxygen atoms in total. The predicted molar refractivity (Wildman–Crippen MR) is 127 cm³/mol. The molecule has 2 N–H and O–H groups in total. The Bertz CT molecular complexity index is 1390. The van der Waals surface area contributed by atoms with Crippen molar-refractivity contribution in [3.05, 3.63) is 89.3 Å². The van der Waals surface area contributed by atoms with Crippen LogP contribution in [-0.2, 0) is 16.6 Å². The summed E-state index contributed by atoms with van der Waals surface area (Å²) in [5.41, 5.74) is 0.990. The molecule has 1 amide bonds. The number of aromatic nitrogens is 1. The van der Waals surface area contributed by atoms with Crippen molar-refractivity contribution in [1.82, 2.24) is 4.98 Å². The van der Waals surface area contributed by atoms with E-state index < -0.39 is 15.9 Å². The van der Waals surface area contributed by atoms with Crippen molar-refractivity contribution in [1.29, 1.82) is 0 Å². The van der Waals surface area contributed by atoms with Crippen molar-refractivity contribution in [3.63, 3.8) is 0 Å². The lowest BCUT2D eigenvalue weighted by Crippen LogP contribution is -2.13. The number of amides is 1. The summed E-state index contributed by atoms with van der Waals surface area (Å²) in [7, 11) is -3.78. The molecule has 2 aromatic carbocycles. The molecule has 0 aliphatic rings. The number of Topliss-reactive ketones (excluding diaryl/α,β-unsaturated/α-hetero) is 1. The van der Waals surface area contributed by atoms with Crippen LogP contribution in [0.5, 0.6) is 5.75 Å². The number of furan rings is 1. The van der Waals surface area contributed by atoms with Crippen LogP contribution in [0.4, 0.5) is 10.8 Å². The Labute approximate surface area is 199 Å². The summed E-state index contributed by atoms with van der Waals surface area (Å²) < 4.78 is 38.3. The van der Waals surface area contributed by atoms with Crippen LogP contribution in [0.15, 0.2) is 81.6 Å². The van der Waals surface area contributed by atoms with E-state index in [2.05, 4.69) is 15.0 Å². The number of carbonyl (C=O) groups excluding carboxylic acids is 2. The van der Waals surface area contributed by atoms with Gasteiger partial charge in [-0.05, 0) is 67.6 Å². The number of hydrogen-bond acceptors (Lipinski definition) is 8. The number of nitrogens with zero attached hydrogens (tertiary/aromatic N) is 1. The van der Waals surface area contributed by atoms with Gasteiger partial charge in [-0.1, -0.05) is 0 Å². The smallest absolute Gasteiger partial charge is 0.291 e. The summed E-state index contributed by atoms with van der Waals surface area (Å²) in [6.07, 6.45) is 1.50. The topological polar surface area (TPSA) is 128 Å². The summed E-state index contributed by atoms with van der Waals surface area (Å²) >= 11 is 1.17. The zero-order valence-corrected chi connectivity index (χ0v) is 19.5. The molecule has 4 aromatic rings. The third-order valence-corrected chi connectivity index (χ3v) is 6.78. The summed E-state index contributed by atoms with van der Waals surface area (Å²) in [5, 5.41) is 4.58. The first kappa shape index (κ1) is 23.2. The Morgan fingerprint density at radius 3 is 2.41 bits per heavy atom. The van der Waals surface area contributed by atoms with Gasteiger partial charge in [0.05, 0.1) is 4.90 Å². The maximum atomic E-state index is 12.5.